The van der Waals surface area contributed by atoms with Crippen LogP contribution < -0.4 is 24.1 Å². The zero-order valence-corrected chi connectivity index (χ0v) is 47.4. The van der Waals surface area contributed by atoms with Gasteiger partial charge in [-0.25, -0.2) is 0 Å². The zero-order valence-electron chi connectivity index (χ0n) is 38.9. The van der Waals surface area contributed by atoms with Crippen molar-refractivity contribution in [1.82, 2.24) is 0 Å². The molecular weight excluding hydrogens is 1010 g/mol. The Morgan fingerprint density at radius 3 is 1.29 bits per heavy atom. The Labute approximate surface area is 385 Å². The van der Waals surface area contributed by atoms with Crippen LogP contribution in [0.3, 0.4) is 0 Å². The van der Waals surface area contributed by atoms with Gasteiger partial charge < -0.3 is 0 Å². The van der Waals surface area contributed by atoms with Gasteiger partial charge in [-0.3, -0.25) is 0 Å². The summed E-state index contributed by atoms with van der Waals surface area (Å²) in [6.45, 7) is 29.2. The molecule has 0 bridgehead atoms. The van der Waals surface area contributed by atoms with Crippen LogP contribution in [-0.2, 0) is 16.1 Å². The first-order chi connectivity index (χ1) is 29.0. The molecule has 1 heterocycles. The third-order valence-corrected chi connectivity index (χ3v) is 49.7. The molecule has 0 fully saturated rings. The topological polar surface area (TPSA) is 0 Å². The SMILES string of the molecule is CC(C)(C)C1=Cc2c(-c3ccccc3[Si](C)(C)C)cccc2[CH]1[Hf]([Cl])([Cl])([c]1cccc2c1[SiH2]c1ccccc1-2)[CH]1C(C(C)(C)C)=Cc2c(-c3ccccc3[Si](C)(C)C)cccc21. The van der Waals surface area contributed by atoms with Gasteiger partial charge in [0, 0.05) is 0 Å². The van der Waals surface area contributed by atoms with E-state index < -0.39 is 41.8 Å². The number of fused-ring (bicyclic) bond motifs is 5. The van der Waals surface area contributed by atoms with E-state index in [2.05, 4.69) is 220 Å². The van der Waals surface area contributed by atoms with Gasteiger partial charge in [-0.05, 0) is 0 Å². The molecule has 0 saturated heterocycles. The molecule has 1 aliphatic heterocycles. The molecule has 6 aromatic carbocycles. The maximum atomic E-state index is 9.56. The van der Waals surface area contributed by atoms with Crippen molar-refractivity contribution in [3.05, 3.63) is 161 Å². The number of hydrogen-bond acceptors (Lipinski definition) is 0. The molecule has 2 aliphatic carbocycles. The van der Waals surface area contributed by atoms with Crippen LogP contribution in [0.25, 0.3) is 45.5 Å². The number of hydrogen-bond donors (Lipinski definition) is 0. The number of benzene rings is 6. The van der Waals surface area contributed by atoms with Gasteiger partial charge in [0.05, 0.1) is 0 Å². The predicted octanol–water partition coefficient (Wildman–Crippen LogP) is 13.2. The number of allylic oxidation sites excluding steroid dienone is 2. The van der Waals surface area contributed by atoms with Crippen LogP contribution in [-0.4, -0.2) is 25.7 Å². The van der Waals surface area contributed by atoms with E-state index in [1.807, 2.05) is 0 Å². The molecule has 0 radical (unpaired) electrons. The van der Waals surface area contributed by atoms with Crippen LogP contribution in [0.2, 0.25) is 39.3 Å². The molecule has 2 unspecified atom stereocenters. The fourth-order valence-electron chi connectivity index (χ4n) is 11.5. The van der Waals surface area contributed by atoms with Gasteiger partial charge in [-0.15, -0.1) is 0 Å². The zero-order chi connectivity index (χ0) is 44.4. The molecule has 0 spiro atoms. The molecule has 6 aromatic rings. The standard InChI is InChI=1S/2C22H27Si.C12H9Si.2ClH.Hf/c2*1-22(2,3)17-14-16-10-9-12-18(20(16)15-17)19-11-7-8-13-21(19)23(4,5)6;1-3-7-11-9(5-1)10-6-2-4-8-12(10)13-11;;;/h2*7-15H,1-6H3;1-7H,13H2;2*1H;/q;;;;;+2/p-2. The van der Waals surface area contributed by atoms with Crippen molar-refractivity contribution in [2.24, 2.45) is 10.8 Å². The monoisotopic (exact) mass is 1070 g/mol. The van der Waals surface area contributed by atoms with Gasteiger partial charge in [0.15, 0.2) is 0 Å². The Morgan fingerprint density at radius 1 is 0.452 bits per heavy atom. The molecular formula is C56H63Cl2HfSi3. The minimum absolute atomic E-state index is 0.145. The first-order valence-electron chi connectivity index (χ1n) is 22.7. The fourth-order valence-corrected chi connectivity index (χ4v) is 54.4. The summed E-state index contributed by atoms with van der Waals surface area (Å²) < 4.78 is 1.01. The molecule has 0 N–H and O–H groups in total. The van der Waals surface area contributed by atoms with Gasteiger partial charge in [0.25, 0.3) is 0 Å². The molecule has 0 saturated carbocycles. The molecule has 9 rings (SSSR count). The summed E-state index contributed by atoms with van der Waals surface area (Å²) in [6, 6.07) is 48.7. The van der Waals surface area contributed by atoms with Crippen LogP contribution in [0.4, 0.5) is 0 Å². The van der Waals surface area contributed by atoms with Crippen molar-refractivity contribution >= 4 is 79.0 Å². The van der Waals surface area contributed by atoms with Gasteiger partial charge >= 0.3 is 388 Å². The van der Waals surface area contributed by atoms with Crippen LogP contribution in [0.1, 0.15) is 71.1 Å². The minimum atomic E-state index is -5.99. The summed E-state index contributed by atoms with van der Waals surface area (Å²) >= 11 is -5.99. The second-order valence-corrected chi connectivity index (χ2v) is 63.8. The van der Waals surface area contributed by atoms with Crippen LogP contribution in [0, 0.1) is 10.8 Å². The van der Waals surface area contributed by atoms with Crippen molar-refractivity contribution < 1.29 is 16.1 Å². The molecule has 317 valence electrons. The van der Waals surface area contributed by atoms with Crippen LogP contribution in [0.15, 0.2) is 139 Å². The summed E-state index contributed by atoms with van der Waals surface area (Å²) in [6.07, 6.45) is 5.12. The molecule has 3 aliphatic rings. The van der Waals surface area contributed by atoms with E-state index >= 15 is 0 Å². The quantitative estimate of drug-likeness (QED) is 0.140. The normalized spacial score (nSPS) is 18.4. The summed E-state index contributed by atoms with van der Waals surface area (Å²) in [5, 5.41) is 5.94. The van der Waals surface area contributed by atoms with E-state index in [0.29, 0.717) is 0 Å². The van der Waals surface area contributed by atoms with E-state index in [-0.39, 0.29) is 18.2 Å². The van der Waals surface area contributed by atoms with Gasteiger partial charge in [-0.1, -0.05) is 0 Å². The number of halogens is 2. The second-order valence-electron chi connectivity index (χ2n) is 22.6. The third kappa shape index (κ3) is 6.95. The Kier molecular flexibility index (Phi) is 10.7. The molecule has 62 heavy (non-hydrogen) atoms. The van der Waals surface area contributed by atoms with Gasteiger partial charge in [-0.2, -0.15) is 0 Å². The summed E-state index contributed by atoms with van der Waals surface area (Å²) in [7, 11) is 14.8. The molecule has 2 atom stereocenters. The summed E-state index contributed by atoms with van der Waals surface area (Å²) in [5.74, 6) is 0. The average molecular weight is 1070 g/mol. The Morgan fingerprint density at radius 2 is 0.839 bits per heavy atom. The van der Waals surface area contributed by atoms with Crippen LogP contribution >= 0.6 is 17.2 Å². The third-order valence-electron chi connectivity index (χ3n) is 14.3. The van der Waals surface area contributed by atoms with Crippen molar-refractivity contribution in [1.29, 1.82) is 0 Å². The molecule has 0 amide bonds. The van der Waals surface area contributed by atoms with E-state index in [0.717, 1.165) is 0 Å². The summed E-state index contributed by atoms with van der Waals surface area (Å²) in [4.78, 5) is 0. The Balaban J connectivity index is 1.41. The number of rotatable bonds is 7. The van der Waals surface area contributed by atoms with E-state index in [1.54, 1.807) is 0 Å². The van der Waals surface area contributed by atoms with E-state index in [9.17, 15) is 17.2 Å². The fraction of sp³-hybridized carbons (Fsp3) is 0.286. The van der Waals surface area contributed by atoms with Crippen molar-refractivity contribution in [2.75, 3.05) is 0 Å². The van der Waals surface area contributed by atoms with Gasteiger partial charge in [0.1, 0.15) is 0 Å². The molecule has 0 aromatic heterocycles. The average Bonchev–Trinajstić information content (AvgIpc) is 3.93. The van der Waals surface area contributed by atoms with Crippen molar-refractivity contribution in [3.8, 4) is 33.4 Å². The van der Waals surface area contributed by atoms with E-state index in [1.165, 1.54) is 90.8 Å². The Hall–Kier alpha value is -3.10. The second kappa shape index (κ2) is 15.0. The first kappa shape index (κ1) is 44.1. The Bertz CT molecular complexity index is 2730. The predicted molar refractivity (Wildman–Crippen MR) is 281 cm³/mol. The van der Waals surface area contributed by atoms with Gasteiger partial charge in [0.2, 0.25) is 0 Å². The van der Waals surface area contributed by atoms with Crippen LogP contribution in [0.5, 0.6) is 0 Å². The maximum absolute atomic E-state index is 9.56. The molecule has 0 nitrogen and oxygen atoms in total. The first-order valence-corrected chi connectivity index (χ1v) is 45.9. The van der Waals surface area contributed by atoms with E-state index in [4.69, 9.17) is 0 Å². The van der Waals surface area contributed by atoms with Crippen molar-refractivity contribution in [3.63, 3.8) is 0 Å². The summed E-state index contributed by atoms with van der Waals surface area (Å²) in [5.41, 5.74) is 15.6. The molecule has 6 heteroatoms. The van der Waals surface area contributed by atoms with Crippen molar-refractivity contribution in [2.45, 2.75) is 88.2 Å².